The predicted molar refractivity (Wildman–Crippen MR) is 144 cm³/mol. The van der Waals surface area contributed by atoms with Crippen LogP contribution >= 0.6 is 0 Å². The van der Waals surface area contributed by atoms with E-state index in [1.165, 1.54) is 22.4 Å². The van der Waals surface area contributed by atoms with Crippen LogP contribution in [-0.2, 0) is 30.3 Å². The van der Waals surface area contributed by atoms with E-state index >= 15 is 0 Å². The molecule has 1 radical (unpaired) electrons. The predicted octanol–water partition coefficient (Wildman–Crippen LogP) is 8.40. The molecule has 3 rings (SSSR count). The topological polar surface area (TPSA) is 50.2 Å². The molecule has 0 amide bonds. The number of rotatable bonds is 2. The molecular weight excluding hydrogens is 611 g/mol. The van der Waals surface area contributed by atoms with Gasteiger partial charge in [0.05, 0.1) is 0 Å². The fourth-order valence-corrected chi connectivity index (χ4v) is 3.07. The molecule has 3 aromatic rings. The Morgan fingerprint density at radius 1 is 0.886 bits per heavy atom. The third-order valence-electron chi connectivity index (χ3n) is 5.55. The maximum atomic E-state index is 11.5. The molecule has 0 saturated carbocycles. The Bertz CT molecular complexity index is 1190. The van der Waals surface area contributed by atoms with Gasteiger partial charge in [0.15, 0.2) is 5.78 Å². The number of carbonyl (C=O) groups excluding carboxylic acids is 1. The van der Waals surface area contributed by atoms with Crippen molar-refractivity contribution in [3.63, 3.8) is 0 Å². The number of fused-ring (bicyclic) bond motifs is 1. The van der Waals surface area contributed by atoms with Crippen LogP contribution in [0.4, 0.5) is 0 Å². The molecule has 35 heavy (non-hydrogen) atoms. The zero-order valence-corrected chi connectivity index (χ0v) is 25.2. The first kappa shape index (κ1) is 30.7. The summed E-state index contributed by atoms with van der Waals surface area (Å²) in [7, 11) is 0. The third kappa shape index (κ3) is 9.02. The van der Waals surface area contributed by atoms with Gasteiger partial charge < -0.3 is 10.1 Å². The van der Waals surface area contributed by atoms with Gasteiger partial charge in [0, 0.05) is 43.2 Å². The molecule has 0 saturated heterocycles. The number of pyridine rings is 1. The van der Waals surface area contributed by atoms with E-state index in [0.29, 0.717) is 0 Å². The van der Waals surface area contributed by atoms with E-state index in [-0.39, 0.29) is 42.5 Å². The number of hydrogen-bond donors (Lipinski definition) is 1. The fourth-order valence-electron chi connectivity index (χ4n) is 3.07. The molecule has 1 aromatic heterocycles. The number of nitrogens with zero attached hydrogens (tertiary/aromatic N) is 1. The van der Waals surface area contributed by atoms with Crippen LogP contribution < -0.4 is 0 Å². The summed E-state index contributed by atoms with van der Waals surface area (Å²) in [6.07, 6.45) is 3.28. The number of aliphatic hydroxyl groups is 1. The molecule has 0 fully saturated rings. The van der Waals surface area contributed by atoms with Crippen molar-refractivity contribution in [2.24, 2.45) is 10.8 Å². The molecule has 0 bridgehead atoms. The van der Waals surface area contributed by atoms with Gasteiger partial charge in [0.1, 0.15) is 5.76 Å². The van der Waals surface area contributed by atoms with Crippen molar-refractivity contribution >= 4 is 16.6 Å². The van der Waals surface area contributed by atoms with Crippen LogP contribution in [0.2, 0.25) is 0 Å². The molecule has 4 heteroatoms. The SMILES string of the molecule is CC(C)(C)C(=O)C=C(O)C(C)(C)C.Cc1[c-]c(-c2cc3ccccc3cn2)cc(C(C)(C)C)c1.[Ir]. The van der Waals surface area contributed by atoms with Crippen LogP contribution in [0.1, 0.15) is 73.4 Å². The summed E-state index contributed by atoms with van der Waals surface area (Å²) in [5.41, 5.74) is 3.91. The Hall–Kier alpha value is -2.29. The van der Waals surface area contributed by atoms with Gasteiger partial charge in [0.25, 0.3) is 0 Å². The summed E-state index contributed by atoms with van der Waals surface area (Å²) >= 11 is 0. The molecule has 0 aliphatic rings. The Morgan fingerprint density at radius 3 is 1.97 bits per heavy atom. The third-order valence-corrected chi connectivity index (χ3v) is 5.55. The van der Waals surface area contributed by atoms with Crippen LogP contribution in [0.25, 0.3) is 22.0 Å². The van der Waals surface area contributed by atoms with Crippen LogP contribution in [-0.4, -0.2) is 15.9 Å². The Balaban J connectivity index is 0.000000383. The Labute approximate surface area is 225 Å². The van der Waals surface area contributed by atoms with E-state index in [4.69, 9.17) is 0 Å². The van der Waals surface area contributed by atoms with Gasteiger partial charge in [-0.15, -0.1) is 34.9 Å². The monoisotopic (exact) mass is 651 g/mol. The molecule has 2 aromatic carbocycles. The van der Waals surface area contributed by atoms with E-state index in [1.54, 1.807) is 0 Å². The summed E-state index contributed by atoms with van der Waals surface area (Å²) in [6, 6.07) is 18.3. The number of aliphatic hydroxyl groups excluding tert-OH is 1. The summed E-state index contributed by atoms with van der Waals surface area (Å²) in [5.74, 6) is 0.104. The van der Waals surface area contributed by atoms with Crippen LogP contribution in [0.15, 0.2) is 60.5 Å². The van der Waals surface area contributed by atoms with Gasteiger partial charge >= 0.3 is 0 Å². The van der Waals surface area contributed by atoms with E-state index in [0.717, 1.165) is 16.8 Å². The first-order valence-corrected chi connectivity index (χ1v) is 11.8. The zero-order valence-electron chi connectivity index (χ0n) is 22.8. The standard InChI is InChI=1S/C20H20N.C11H20O2.Ir/c1-14-9-17(11-18(10-14)20(2,3)4)19-12-15-7-5-6-8-16(15)13-21-19;1-10(2,3)8(12)7-9(13)11(4,5)6;/h5-8,10-13H,1-4H3;7,12H,1-6H3;/q-1;;. The Morgan fingerprint density at radius 2 is 1.46 bits per heavy atom. The van der Waals surface area contributed by atoms with Gasteiger partial charge in [0.2, 0.25) is 0 Å². The van der Waals surface area contributed by atoms with Gasteiger partial charge in [-0.25, -0.2) is 0 Å². The van der Waals surface area contributed by atoms with E-state index in [1.807, 2.05) is 53.8 Å². The molecule has 0 spiro atoms. The average Bonchev–Trinajstić information content (AvgIpc) is 2.71. The van der Waals surface area contributed by atoms with Crippen molar-refractivity contribution in [3.8, 4) is 11.3 Å². The molecule has 0 atom stereocenters. The largest absolute Gasteiger partial charge is 0.512 e. The van der Waals surface area contributed by atoms with Crippen LogP contribution in [0, 0.1) is 23.8 Å². The van der Waals surface area contributed by atoms with E-state index in [2.05, 4.69) is 75.1 Å². The molecule has 3 nitrogen and oxygen atoms in total. The smallest absolute Gasteiger partial charge is 0.164 e. The molecule has 1 N–H and O–H groups in total. The second-order valence-corrected chi connectivity index (χ2v) is 12.0. The van der Waals surface area contributed by atoms with Gasteiger partial charge in [-0.2, -0.15) is 0 Å². The minimum atomic E-state index is -0.417. The van der Waals surface area contributed by atoms with Gasteiger partial charge in [-0.3, -0.25) is 4.79 Å². The summed E-state index contributed by atoms with van der Waals surface area (Å²) in [6.45, 7) is 19.9. The zero-order chi connectivity index (χ0) is 25.9. The molecule has 1 heterocycles. The van der Waals surface area contributed by atoms with Crippen LogP contribution in [0.5, 0.6) is 0 Å². The van der Waals surface area contributed by atoms with Crippen molar-refractivity contribution < 1.29 is 30.0 Å². The summed E-state index contributed by atoms with van der Waals surface area (Å²) in [5, 5.41) is 11.9. The van der Waals surface area contributed by atoms with Crippen molar-refractivity contribution in [3.05, 3.63) is 77.7 Å². The molecule has 0 unspecified atom stereocenters. The molecule has 0 aliphatic carbocycles. The number of hydrogen-bond acceptors (Lipinski definition) is 3. The number of aromatic nitrogens is 1. The number of benzene rings is 2. The number of carbonyl (C=O) groups is 1. The normalized spacial score (nSPS) is 12.5. The van der Waals surface area contributed by atoms with Crippen molar-refractivity contribution in [2.75, 3.05) is 0 Å². The minimum Gasteiger partial charge on any atom is -0.512 e. The first-order chi connectivity index (χ1) is 15.5. The number of aryl methyl sites for hydroxylation is 1. The second-order valence-electron chi connectivity index (χ2n) is 12.0. The number of ketones is 1. The molecule has 191 valence electrons. The van der Waals surface area contributed by atoms with Crippen LogP contribution in [0.3, 0.4) is 0 Å². The van der Waals surface area contributed by atoms with Gasteiger partial charge in [-0.1, -0.05) is 99.6 Å². The summed E-state index contributed by atoms with van der Waals surface area (Å²) < 4.78 is 0. The quantitative estimate of drug-likeness (QED) is 0.172. The molecule has 0 aliphatic heterocycles. The maximum Gasteiger partial charge on any atom is 0.164 e. The Kier molecular flexibility index (Phi) is 10.2. The average molecular weight is 651 g/mol. The number of allylic oxidation sites excluding steroid dienone is 2. The minimum absolute atomic E-state index is 0. The molecular formula is C31H40IrNO2-. The van der Waals surface area contributed by atoms with Crippen molar-refractivity contribution in [1.29, 1.82) is 0 Å². The first-order valence-electron chi connectivity index (χ1n) is 11.8. The summed E-state index contributed by atoms with van der Waals surface area (Å²) in [4.78, 5) is 16.1. The second kappa shape index (κ2) is 11.6. The maximum absolute atomic E-state index is 11.5. The van der Waals surface area contributed by atoms with E-state index < -0.39 is 5.41 Å². The fraction of sp³-hybridized carbons (Fsp3) is 0.419. The van der Waals surface area contributed by atoms with E-state index in [9.17, 15) is 9.90 Å². The van der Waals surface area contributed by atoms with Crippen molar-refractivity contribution in [2.45, 2.75) is 74.7 Å². The van der Waals surface area contributed by atoms with Crippen molar-refractivity contribution in [1.82, 2.24) is 4.98 Å². The van der Waals surface area contributed by atoms with Gasteiger partial charge in [-0.05, 0) is 21.9 Å².